The Morgan fingerprint density at radius 3 is 2.68 bits per heavy atom. The third kappa shape index (κ3) is 2.39. The van der Waals surface area contributed by atoms with Crippen LogP contribution in [-0.2, 0) is 17.6 Å². The van der Waals surface area contributed by atoms with Crippen LogP contribution in [0.5, 0.6) is 0 Å². The second-order valence-electron chi connectivity index (χ2n) is 5.62. The second kappa shape index (κ2) is 4.61. The van der Waals surface area contributed by atoms with Crippen molar-refractivity contribution in [3.63, 3.8) is 0 Å². The highest BCUT2D eigenvalue weighted by molar-refractivity contribution is 7.15. The minimum Gasteiger partial charge on any atom is -0.301 e. The van der Waals surface area contributed by atoms with E-state index >= 15 is 0 Å². The molecule has 1 N–H and O–H groups in total. The molecule has 1 unspecified atom stereocenters. The van der Waals surface area contributed by atoms with Gasteiger partial charge in [0, 0.05) is 4.88 Å². The van der Waals surface area contributed by atoms with Gasteiger partial charge in [-0.05, 0) is 39.0 Å². The minimum atomic E-state index is -0.925. The summed E-state index contributed by atoms with van der Waals surface area (Å²) < 4.78 is -0.925. The maximum absolute atomic E-state index is 12.2. The van der Waals surface area contributed by atoms with Gasteiger partial charge in [-0.3, -0.25) is 4.79 Å². The van der Waals surface area contributed by atoms with E-state index in [-0.39, 0.29) is 5.91 Å². The van der Waals surface area contributed by atoms with Gasteiger partial charge in [-0.15, -0.1) is 34.5 Å². The highest BCUT2D eigenvalue weighted by Crippen LogP contribution is 2.64. The smallest absolute Gasteiger partial charge is 0.235 e. The number of hydrogen-bond donors (Lipinski definition) is 1. The first-order chi connectivity index (χ1) is 8.92. The molecule has 19 heavy (non-hydrogen) atoms. The molecule has 1 amide bonds. The molecule has 6 heteroatoms. The van der Waals surface area contributed by atoms with Crippen molar-refractivity contribution in [1.29, 1.82) is 0 Å². The molecule has 3 rings (SSSR count). The van der Waals surface area contributed by atoms with Crippen LogP contribution in [0, 0.1) is 5.41 Å². The number of nitrogens with zero attached hydrogens (tertiary/aromatic N) is 1. The normalized spacial score (nSPS) is 28.4. The Balaban J connectivity index is 1.73. The van der Waals surface area contributed by atoms with E-state index in [1.165, 1.54) is 24.1 Å². The van der Waals surface area contributed by atoms with Gasteiger partial charge in [-0.1, -0.05) is 6.42 Å². The molecule has 0 bridgehead atoms. The number of hydrogen-bond acceptors (Lipinski definition) is 3. The lowest BCUT2D eigenvalue weighted by Crippen LogP contribution is -2.25. The number of carbonyl (C=O) groups excluding carboxylic acids is 1. The Bertz CT molecular complexity index is 505. The number of halogens is 2. The first kappa shape index (κ1) is 13.7. The molecule has 1 atom stereocenters. The number of aromatic nitrogens is 1. The molecule has 104 valence electrons. The lowest BCUT2D eigenvalue weighted by Gasteiger charge is -2.10. The molecule has 1 fully saturated rings. The number of fused-ring (bicyclic) bond motifs is 1. The summed E-state index contributed by atoms with van der Waals surface area (Å²) in [5.41, 5.74) is 0.473. The molecule has 2 aliphatic rings. The van der Waals surface area contributed by atoms with Gasteiger partial charge in [0.2, 0.25) is 5.91 Å². The van der Waals surface area contributed by atoms with Crippen molar-refractivity contribution in [2.75, 3.05) is 5.32 Å². The van der Waals surface area contributed by atoms with Crippen LogP contribution in [0.2, 0.25) is 0 Å². The lowest BCUT2D eigenvalue weighted by atomic mass is 10.1. The van der Waals surface area contributed by atoms with Crippen LogP contribution < -0.4 is 5.32 Å². The van der Waals surface area contributed by atoms with Crippen LogP contribution in [-0.4, -0.2) is 15.2 Å². The lowest BCUT2D eigenvalue weighted by molar-refractivity contribution is -0.120. The monoisotopic (exact) mass is 318 g/mol. The van der Waals surface area contributed by atoms with E-state index < -0.39 is 9.75 Å². The first-order valence-electron chi connectivity index (χ1n) is 6.60. The topological polar surface area (TPSA) is 42.0 Å². The van der Waals surface area contributed by atoms with Crippen molar-refractivity contribution in [3.05, 3.63) is 10.6 Å². The van der Waals surface area contributed by atoms with Gasteiger partial charge < -0.3 is 5.32 Å². The minimum absolute atomic E-state index is 0.124. The van der Waals surface area contributed by atoms with Gasteiger partial charge in [0.1, 0.15) is 4.33 Å². The largest absolute Gasteiger partial charge is 0.301 e. The molecule has 1 aromatic rings. The van der Waals surface area contributed by atoms with Gasteiger partial charge in [-0.2, -0.15) is 0 Å². The third-order valence-electron chi connectivity index (χ3n) is 4.08. The standard InChI is InChI=1S/C13H16Cl2N2OS/c1-12(7-13(12,14)15)10(18)17-11-16-8-5-3-2-4-6-9(8)19-11/h2-7H2,1H3,(H,16,17,18). The fourth-order valence-electron chi connectivity index (χ4n) is 2.46. The molecule has 1 heterocycles. The van der Waals surface area contributed by atoms with Crippen molar-refractivity contribution >= 4 is 45.6 Å². The van der Waals surface area contributed by atoms with Crippen molar-refractivity contribution in [2.45, 2.75) is 49.8 Å². The number of aryl methyl sites for hydroxylation is 2. The summed E-state index contributed by atoms with van der Waals surface area (Å²) in [6, 6.07) is 0. The highest BCUT2D eigenvalue weighted by Gasteiger charge is 2.68. The maximum Gasteiger partial charge on any atom is 0.235 e. The molecule has 0 aromatic carbocycles. The number of thiazole rings is 1. The summed E-state index contributed by atoms with van der Waals surface area (Å²) in [4.78, 5) is 18.0. The van der Waals surface area contributed by atoms with E-state index in [1.54, 1.807) is 18.3 Å². The molecule has 0 saturated heterocycles. The summed E-state index contributed by atoms with van der Waals surface area (Å²) in [6.07, 6.45) is 6.27. The maximum atomic E-state index is 12.2. The number of nitrogens with one attached hydrogen (secondary N) is 1. The van der Waals surface area contributed by atoms with E-state index in [2.05, 4.69) is 10.3 Å². The average molecular weight is 319 g/mol. The van der Waals surface area contributed by atoms with Gasteiger partial charge in [0.15, 0.2) is 5.13 Å². The summed E-state index contributed by atoms with van der Waals surface area (Å²) in [5, 5.41) is 3.57. The van der Waals surface area contributed by atoms with Gasteiger partial charge >= 0.3 is 0 Å². The van der Waals surface area contributed by atoms with Crippen LogP contribution in [0.15, 0.2) is 0 Å². The second-order valence-corrected chi connectivity index (χ2v) is 8.18. The SMILES string of the molecule is CC1(C(=O)Nc2nc3c(s2)CCCCC3)CC1(Cl)Cl. The third-order valence-corrected chi connectivity index (χ3v) is 6.25. The molecule has 1 aromatic heterocycles. The van der Waals surface area contributed by atoms with E-state index in [1.807, 2.05) is 0 Å². The van der Waals surface area contributed by atoms with Gasteiger partial charge in [0.25, 0.3) is 0 Å². The van der Waals surface area contributed by atoms with Crippen LogP contribution in [0.4, 0.5) is 5.13 Å². The average Bonchev–Trinajstić information content (AvgIpc) is 2.76. The van der Waals surface area contributed by atoms with E-state index in [9.17, 15) is 4.79 Å². The predicted octanol–water partition coefficient (Wildman–Crippen LogP) is 3.93. The molecule has 0 spiro atoms. The predicted molar refractivity (Wildman–Crippen MR) is 79.2 cm³/mol. The Morgan fingerprint density at radius 2 is 2.00 bits per heavy atom. The summed E-state index contributed by atoms with van der Waals surface area (Å²) in [5.74, 6) is -0.124. The van der Waals surface area contributed by atoms with Crippen LogP contribution in [0.3, 0.4) is 0 Å². The molecule has 3 nitrogen and oxygen atoms in total. The van der Waals surface area contributed by atoms with E-state index in [0.29, 0.717) is 11.6 Å². The Morgan fingerprint density at radius 1 is 1.32 bits per heavy atom. The summed E-state index contributed by atoms with van der Waals surface area (Å²) in [7, 11) is 0. The van der Waals surface area contributed by atoms with E-state index in [0.717, 1.165) is 18.5 Å². The molecule has 0 aliphatic heterocycles. The fraction of sp³-hybridized carbons (Fsp3) is 0.692. The summed E-state index contributed by atoms with van der Waals surface area (Å²) in [6.45, 7) is 1.79. The Kier molecular flexibility index (Phi) is 3.31. The molecular weight excluding hydrogens is 303 g/mol. The van der Waals surface area contributed by atoms with Crippen LogP contribution >= 0.6 is 34.5 Å². The number of alkyl halides is 2. The van der Waals surface area contributed by atoms with Crippen molar-refractivity contribution in [1.82, 2.24) is 4.98 Å². The van der Waals surface area contributed by atoms with Crippen molar-refractivity contribution < 1.29 is 4.79 Å². The van der Waals surface area contributed by atoms with E-state index in [4.69, 9.17) is 23.2 Å². The molecule has 0 radical (unpaired) electrons. The zero-order valence-corrected chi connectivity index (χ0v) is 13.1. The number of anilines is 1. The summed E-state index contributed by atoms with van der Waals surface area (Å²) >= 11 is 13.6. The fourth-order valence-corrected chi connectivity index (χ4v) is 4.21. The van der Waals surface area contributed by atoms with Crippen LogP contribution in [0.1, 0.15) is 43.2 Å². The van der Waals surface area contributed by atoms with Crippen LogP contribution in [0.25, 0.3) is 0 Å². The Labute approximate surface area is 126 Å². The van der Waals surface area contributed by atoms with Gasteiger partial charge in [0.05, 0.1) is 11.1 Å². The first-order valence-corrected chi connectivity index (χ1v) is 8.17. The zero-order valence-electron chi connectivity index (χ0n) is 10.8. The molecule has 2 aliphatic carbocycles. The van der Waals surface area contributed by atoms with Gasteiger partial charge in [-0.25, -0.2) is 4.98 Å². The molecule has 1 saturated carbocycles. The zero-order chi connectivity index (χ0) is 13.7. The molecular formula is C13H16Cl2N2OS. The van der Waals surface area contributed by atoms with Crippen molar-refractivity contribution in [3.8, 4) is 0 Å². The Hall–Kier alpha value is -0.320. The number of rotatable bonds is 2. The van der Waals surface area contributed by atoms with Crippen molar-refractivity contribution in [2.24, 2.45) is 5.41 Å². The quantitative estimate of drug-likeness (QED) is 0.663. The number of carbonyl (C=O) groups is 1. The number of amides is 1. The highest BCUT2D eigenvalue weighted by atomic mass is 35.5.